The first kappa shape index (κ1) is 17.0. The SMILES string of the molecule is CC(=O)c1ccc(OC[C@@H](O)CNC23CC4CC(CC(C4)C2)C3)cc1. The highest BCUT2D eigenvalue weighted by Crippen LogP contribution is 2.55. The summed E-state index contributed by atoms with van der Waals surface area (Å²) in [5, 5.41) is 14.0. The van der Waals surface area contributed by atoms with Crippen molar-refractivity contribution in [3.63, 3.8) is 0 Å². The molecule has 4 fully saturated rings. The molecule has 0 unspecified atom stereocenters. The minimum absolute atomic E-state index is 0.0476. The second kappa shape index (κ2) is 6.73. The van der Waals surface area contributed by atoms with E-state index < -0.39 is 6.10 Å². The van der Waals surface area contributed by atoms with Crippen LogP contribution in [0.2, 0.25) is 0 Å². The van der Waals surface area contributed by atoms with E-state index in [-0.39, 0.29) is 17.9 Å². The number of aliphatic hydroxyl groups excluding tert-OH is 1. The minimum Gasteiger partial charge on any atom is -0.491 e. The van der Waals surface area contributed by atoms with Gasteiger partial charge in [0.2, 0.25) is 0 Å². The molecule has 0 radical (unpaired) electrons. The summed E-state index contributed by atoms with van der Waals surface area (Å²) < 4.78 is 5.67. The van der Waals surface area contributed by atoms with Crippen molar-refractivity contribution in [1.82, 2.24) is 5.32 Å². The van der Waals surface area contributed by atoms with E-state index in [1.54, 1.807) is 31.2 Å². The highest BCUT2D eigenvalue weighted by Gasteiger charge is 2.50. The summed E-state index contributed by atoms with van der Waals surface area (Å²) in [6.45, 7) is 2.42. The second-order valence-electron chi connectivity index (χ2n) is 8.62. The summed E-state index contributed by atoms with van der Waals surface area (Å²) in [5.74, 6) is 3.47. The van der Waals surface area contributed by atoms with Gasteiger partial charge in [0, 0.05) is 17.6 Å². The fraction of sp³-hybridized carbons (Fsp3) is 0.667. The molecule has 0 saturated heterocycles. The molecular weight excluding hydrogens is 314 g/mol. The molecule has 5 rings (SSSR count). The van der Waals surface area contributed by atoms with Gasteiger partial charge in [0.15, 0.2) is 5.78 Å². The molecule has 0 spiro atoms. The van der Waals surface area contributed by atoms with Gasteiger partial charge < -0.3 is 15.2 Å². The van der Waals surface area contributed by atoms with Crippen LogP contribution in [0.25, 0.3) is 0 Å². The Morgan fingerprint density at radius 2 is 1.72 bits per heavy atom. The molecule has 2 N–H and O–H groups in total. The maximum atomic E-state index is 11.3. The number of carbonyl (C=O) groups is 1. The average molecular weight is 343 g/mol. The van der Waals surface area contributed by atoms with Gasteiger partial charge in [0.1, 0.15) is 18.5 Å². The monoisotopic (exact) mass is 343 g/mol. The van der Waals surface area contributed by atoms with Crippen molar-refractivity contribution in [2.45, 2.75) is 57.1 Å². The lowest BCUT2D eigenvalue weighted by molar-refractivity contribution is -0.0266. The van der Waals surface area contributed by atoms with E-state index >= 15 is 0 Å². The number of β-amino-alcohol motifs (C(OH)–C–C–N with tert-alkyl or cyclic N) is 1. The van der Waals surface area contributed by atoms with Crippen LogP contribution in [0.3, 0.4) is 0 Å². The number of rotatable bonds is 7. The van der Waals surface area contributed by atoms with Crippen molar-refractivity contribution in [3.8, 4) is 5.75 Å². The van der Waals surface area contributed by atoms with Crippen molar-refractivity contribution in [3.05, 3.63) is 29.8 Å². The molecule has 4 bridgehead atoms. The maximum Gasteiger partial charge on any atom is 0.159 e. The smallest absolute Gasteiger partial charge is 0.159 e. The molecule has 1 aromatic rings. The molecule has 4 aliphatic carbocycles. The molecular formula is C21H29NO3. The van der Waals surface area contributed by atoms with E-state index in [9.17, 15) is 9.90 Å². The van der Waals surface area contributed by atoms with Gasteiger partial charge in [0.05, 0.1) is 0 Å². The summed E-state index contributed by atoms with van der Waals surface area (Å²) in [7, 11) is 0. The van der Waals surface area contributed by atoms with E-state index in [0.29, 0.717) is 17.9 Å². The van der Waals surface area contributed by atoms with Gasteiger partial charge in [-0.25, -0.2) is 0 Å². The van der Waals surface area contributed by atoms with Crippen molar-refractivity contribution in [2.75, 3.05) is 13.2 Å². The number of carbonyl (C=O) groups excluding carboxylic acids is 1. The van der Waals surface area contributed by atoms with Crippen molar-refractivity contribution in [1.29, 1.82) is 0 Å². The Morgan fingerprint density at radius 1 is 1.16 bits per heavy atom. The number of ketones is 1. The minimum atomic E-state index is -0.513. The standard InChI is InChI=1S/C21H29NO3/c1-14(23)18-2-4-20(5-3-18)25-13-19(24)12-22-21-9-15-6-16(10-21)8-17(7-15)11-21/h2-5,15-17,19,22,24H,6-13H2,1H3/t15?,16?,17?,19-,21?/m0/s1. The molecule has 4 nitrogen and oxygen atoms in total. The summed E-state index contributed by atoms with van der Waals surface area (Å²) in [6.07, 6.45) is 7.66. The zero-order valence-corrected chi connectivity index (χ0v) is 15.0. The van der Waals surface area contributed by atoms with Gasteiger partial charge in [-0.2, -0.15) is 0 Å². The Bertz CT molecular complexity index is 589. The topological polar surface area (TPSA) is 58.6 Å². The van der Waals surface area contributed by atoms with Crippen LogP contribution >= 0.6 is 0 Å². The number of hydrogen-bond donors (Lipinski definition) is 2. The number of hydrogen-bond acceptors (Lipinski definition) is 4. The molecule has 4 saturated carbocycles. The molecule has 1 aromatic carbocycles. The first-order valence-corrected chi connectivity index (χ1v) is 9.68. The largest absolute Gasteiger partial charge is 0.491 e. The number of benzene rings is 1. The fourth-order valence-electron chi connectivity index (χ4n) is 5.70. The average Bonchev–Trinajstić information content (AvgIpc) is 2.57. The van der Waals surface area contributed by atoms with Crippen LogP contribution in [0, 0.1) is 17.8 Å². The predicted octanol–water partition coefficient (Wildman–Crippen LogP) is 3.19. The van der Waals surface area contributed by atoms with E-state index in [1.807, 2.05) is 0 Å². The Kier molecular flexibility index (Phi) is 4.59. The van der Waals surface area contributed by atoms with Crippen LogP contribution in [0.15, 0.2) is 24.3 Å². The normalized spacial score (nSPS) is 34.1. The fourth-order valence-corrected chi connectivity index (χ4v) is 5.70. The molecule has 136 valence electrons. The Balaban J connectivity index is 1.25. The van der Waals surface area contributed by atoms with Crippen LogP contribution in [-0.2, 0) is 0 Å². The van der Waals surface area contributed by atoms with Crippen LogP contribution in [0.5, 0.6) is 5.75 Å². The molecule has 4 aliphatic rings. The predicted molar refractivity (Wildman–Crippen MR) is 96.9 cm³/mol. The molecule has 0 amide bonds. The Labute approximate surface area is 150 Å². The van der Waals surface area contributed by atoms with Crippen molar-refractivity contribution >= 4 is 5.78 Å². The summed E-state index contributed by atoms with van der Waals surface area (Å²) in [4.78, 5) is 11.3. The molecule has 25 heavy (non-hydrogen) atoms. The van der Waals surface area contributed by atoms with Gasteiger partial charge in [-0.3, -0.25) is 4.79 Å². The summed E-state index contributed by atoms with van der Waals surface area (Å²) >= 11 is 0. The quantitative estimate of drug-likeness (QED) is 0.747. The molecule has 0 aliphatic heterocycles. The van der Waals surface area contributed by atoms with E-state index in [1.165, 1.54) is 38.5 Å². The summed E-state index contributed by atoms with van der Waals surface area (Å²) in [5.41, 5.74) is 0.954. The van der Waals surface area contributed by atoms with Crippen LogP contribution in [0.1, 0.15) is 55.8 Å². The highest BCUT2D eigenvalue weighted by atomic mass is 16.5. The Morgan fingerprint density at radius 3 is 2.24 bits per heavy atom. The third-order valence-electron chi connectivity index (χ3n) is 6.45. The highest BCUT2D eigenvalue weighted by molar-refractivity contribution is 5.94. The third kappa shape index (κ3) is 3.75. The van der Waals surface area contributed by atoms with Crippen molar-refractivity contribution < 1.29 is 14.6 Å². The number of ether oxygens (including phenoxy) is 1. The van der Waals surface area contributed by atoms with Gasteiger partial charge >= 0.3 is 0 Å². The lowest BCUT2D eigenvalue weighted by atomic mass is 9.53. The van der Waals surface area contributed by atoms with Crippen LogP contribution < -0.4 is 10.1 Å². The zero-order valence-electron chi connectivity index (χ0n) is 15.0. The number of aliphatic hydroxyl groups is 1. The van der Waals surface area contributed by atoms with Gasteiger partial charge in [0.25, 0.3) is 0 Å². The van der Waals surface area contributed by atoms with Crippen LogP contribution in [0.4, 0.5) is 0 Å². The van der Waals surface area contributed by atoms with E-state index in [4.69, 9.17) is 4.74 Å². The van der Waals surface area contributed by atoms with E-state index in [2.05, 4.69) is 5.32 Å². The second-order valence-corrected chi connectivity index (χ2v) is 8.62. The maximum absolute atomic E-state index is 11.3. The molecule has 1 atom stereocenters. The molecule has 4 heteroatoms. The number of Topliss-reactive ketones (excluding diaryl/α,β-unsaturated/α-hetero) is 1. The zero-order chi connectivity index (χ0) is 17.4. The molecule has 0 heterocycles. The summed E-state index contributed by atoms with van der Waals surface area (Å²) in [6, 6.07) is 7.10. The Hall–Kier alpha value is -1.39. The van der Waals surface area contributed by atoms with E-state index in [0.717, 1.165) is 17.8 Å². The van der Waals surface area contributed by atoms with Crippen molar-refractivity contribution in [2.24, 2.45) is 17.8 Å². The number of nitrogens with one attached hydrogen (secondary N) is 1. The van der Waals surface area contributed by atoms with Crippen LogP contribution in [-0.4, -0.2) is 35.7 Å². The molecule has 0 aromatic heterocycles. The third-order valence-corrected chi connectivity index (χ3v) is 6.45. The first-order valence-electron chi connectivity index (χ1n) is 9.68. The lowest BCUT2D eigenvalue weighted by Crippen LogP contribution is -2.59. The van der Waals surface area contributed by atoms with Gasteiger partial charge in [-0.15, -0.1) is 0 Å². The van der Waals surface area contributed by atoms with Gasteiger partial charge in [-0.1, -0.05) is 0 Å². The lowest BCUT2D eigenvalue weighted by Gasteiger charge is -2.57. The van der Waals surface area contributed by atoms with Gasteiger partial charge in [-0.05, 0) is 87.5 Å². The first-order chi connectivity index (χ1) is 12.0.